The highest BCUT2D eigenvalue weighted by Crippen LogP contribution is 2.24. The molecular formula is C20H23N3O2. The third-order valence-corrected chi connectivity index (χ3v) is 5.00. The van der Waals surface area contributed by atoms with Gasteiger partial charge >= 0.3 is 0 Å². The van der Waals surface area contributed by atoms with Crippen molar-refractivity contribution in [3.63, 3.8) is 0 Å². The highest BCUT2D eigenvalue weighted by molar-refractivity contribution is 5.94. The summed E-state index contributed by atoms with van der Waals surface area (Å²) < 4.78 is 5.55. The summed E-state index contributed by atoms with van der Waals surface area (Å²) in [5.41, 5.74) is 4.37. The third-order valence-electron chi connectivity index (χ3n) is 5.00. The second-order valence-electron chi connectivity index (χ2n) is 6.72. The van der Waals surface area contributed by atoms with Crippen molar-refractivity contribution in [3.05, 3.63) is 59.4 Å². The van der Waals surface area contributed by atoms with E-state index in [9.17, 15) is 4.79 Å². The summed E-state index contributed by atoms with van der Waals surface area (Å²) >= 11 is 0. The molecular weight excluding hydrogens is 314 g/mol. The minimum atomic E-state index is -0.0812. The van der Waals surface area contributed by atoms with E-state index in [0.717, 1.165) is 44.6 Å². The minimum Gasteiger partial charge on any atom is -0.376 e. The molecule has 0 bridgehead atoms. The SMILES string of the molecule is O=C(NCC1CCCO1)c1cncc(N2CCc3ccccc3C2)c1. The van der Waals surface area contributed by atoms with Gasteiger partial charge in [0.05, 0.1) is 23.6 Å². The first-order valence-electron chi connectivity index (χ1n) is 8.96. The Hall–Kier alpha value is -2.40. The fourth-order valence-corrected chi connectivity index (χ4v) is 3.55. The molecule has 0 saturated carbocycles. The van der Waals surface area contributed by atoms with E-state index in [1.165, 1.54) is 11.1 Å². The van der Waals surface area contributed by atoms with E-state index >= 15 is 0 Å². The van der Waals surface area contributed by atoms with Crippen LogP contribution in [-0.2, 0) is 17.7 Å². The second kappa shape index (κ2) is 7.23. The first-order chi connectivity index (χ1) is 12.3. The van der Waals surface area contributed by atoms with Crippen molar-refractivity contribution in [2.75, 3.05) is 24.6 Å². The molecule has 25 heavy (non-hydrogen) atoms. The number of ether oxygens (including phenoxy) is 1. The average molecular weight is 337 g/mol. The van der Waals surface area contributed by atoms with Gasteiger partial charge in [-0.15, -0.1) is 0 Å². The van der Waals surface area contributed by atoms with Crippen LogP contribution in [0.2, 0.25) is 0 Å². The van der Waals surface area contributed by atoms with Crippen LogP contribution in [-0.4, -0.2) is 36.7 Å². The number of pyridine rings is 1. The van der Waals surface area contributed by atoms with Gasteiger partial charge in [0.1, 0.15) is 0 Å². The number of hydrogen-bond acceptors (Lipinski definition) is 4. The predicted octanol–water partition coefficient (Wildman–Crippen LogP) is 2.55. The number of anilines is 1. The van der Waals surface area contributed by atoms with Crippen molar-refractivity contribution < 1.29 is 9.53 Å². The van der Waals surface area contributed by atoms with Crippen LogP contribution in [0.15, 0.2) is 42.7 Å². The highest BCUT2D eigenvalue weighted by atomic mass is 16.5. The summed E-state index contributed by atoms with van der Waals surface area (Å²) in [7, 11) is 0. The fraction of sp³-hybridized carbons (Fsp3) is 0.400. The zero-order valence-electron chi connectivity index (χ0n) is 14.3. The molecule has 2 aliphatic heterocycles. The Morgan fingerprint density at radius 1 is 1.28 bits per heavy atom. The van der Waals surface area contributed by atoms with Gasteiger partial charge < -0.3 is 15.0 Å². The molecule has 4 rings (SSSR count). The van der Waals surface area contributed by atoms with Crippen molar-refractivity contribution in [1.29, 1.82) is 0 Å². The van der Waals surface area contributed by atoms with Crippen molar-refractivity contribution in [2.24, 2.45) is 0 Å². The molecule has 1 aromatic carbocycles. The molecule has 0 radical (unpaired) electrons. The zero-order chi connectivity index (χ0) is 17.1. The smallest absolute Gasteiger partial charge is 0.253 e. The van der Waals surface area contributed by atoms with Crippen LogP contribution < -0.4 is 10.2 Å². The van der Waals surface area contributed by atoms with E-state index in [2.05, 4.69) is 39.5 Å². The van der Waals surface area contributed by atoms with Crippen LogP contribution >= 0.6 is 0 Å². The molecule has 0 spiro atoms. The van der Waals surface area contributed by atoms with Crippen molar-refractivity contribution in [2.45, 2.75) is 31.9 Å². The molecule has 5 nitrogen and oxygen atoms in total. The molecule has 1 saturated heterocycles. The quantitative estimate of drug-likeness (QED) is 0.932. The number of nitrogens with zero attached hydrogens (tertiary/aromatic N) is 2. The molecule has 1 aromatic heterocycles. The molecule has 5 heteroatoms. The summed E-state index contributed by atoms with van der Waals surface area (Å²) in [5.74, 6) is -0.0812. The summed E-state index contributed by atoms with van der Waals surface area (Å²) in [6, 6.07) is 10.5. The Bertz CT molecular complexity index is 756. The summed E-state index contributed by atoms with van der Waals surface area (Å²) in [5, 5.41) is 2.96. The lowest BCUT2D eigenvalue weighted by atomic mass is 9.99. The first kappa shape index (κ1) is 16.1. The Morgan fingerprint density at radius 3 is 3.00 bits per heavy atom. The number of carbonyl (C=O) groups is 1. The van der Waals surface area contributed by atoms with Gasteiger partial charge in [0.25, 0.3) is 5.91 Å². The molecule has 2 aliphatic rings. The molecule has 1 fully saturated rings. The molecule has 1 N–H and O–H groups in total. The first-order valence-corrected chi connectivity index (χ1v) is 8.96. The Morgan fingerprint density at radius 2 is 2.16 bits per heavy atom. The minimum absolute atomic E-state index is 0.0812. The number of amides is 1. The number of hydrogen-bond donors (Lipinski definition) is 1. The van der Waals surface area contributed by atoms with Gasteiger partial charge in [-0.3, -0.25) is 9.78 Å². The molecule has 1 amide bonds. The lowest BCUT2D eigenvalue weighted by Crippen LogP contribution is -2.33. The van der Waals surface area contributed by atoms with Crippen molar-refractivity contribution in [1.82, 2.24) is 10.3 Å². The topological polar surface area (TPSA) is 54.5 Å². The maximum absolute atomic E-state index is 12.4. The third kappa shape index (κ3) is 3.66. The maximum Gasteiger partial charge on any atom is 0.253 e. The van der Waals surface area contributed by atoms with E-state index in [4.69, 9.17) is 4.74 Å². The lowest BCUT2D eigenvalue weighted by molar-refractivity contribution is 0.0857. The number of fused-ring (bicyclic) bond motifs is 1. The molecule has 130 valence electrons. The second-order valence-corrected chi connectivity index (χ2v) is 6.72. The highest BCUT2D eigenvalue weighted by Gasteiger charge is 2.19. The van der Waals surface area contributed by atoms with E-state index in [-0.39, 0.29) is 12.0 Å². The number of carbonyl (C=O) groups excluding carboxylic acids is 1. The summed E-state index contributed by atoms with van der Waals surface area (Å²) in [4.78, 5) is 19.0. The van der Waals surface area contributed by atoms with Gasteiger partial charge in [0.2, 0.25) is 0 Å². The van der Waals surface area contributed by atoms with Crippen LogP contribution in [0, 0.1) is 0 Å². The predicted molar refractivity (Wildman–Crippen MR) is 96.7 cm³/mol. The van der Waals surface area contributed by atoms with Gasteiger partial charge in [0.15, 0.2) is 0 Å². The molecule has 2 aromatic rings. The van der Waals surface area contributed by atoms with Gasteiger partial charge in [-0.1, -0.05) is 24.3 Å². The van der Waals surface area contributed by atoms with E-state index in [1.54, 1.807) is 6.20 Å². The standard InChI is InChI=1S/C20H23N3O2/c24-20(22-13-19-6-3-9-25-19)17-10-18(12-21-11-17)23-8-7-15-4-1-2-5-16(15)14-23/h1-2,4-5,10-12,19H,3,6-9,13-14H2,(H,22,24). The number of benzene rings is 1. The maximum atomic E-state index is 12.4. The van der Waals surface area contributed by atoms with E-state index in [0.29, 0.717) is 12.1 Å². The largest absolute Gasteiger partial charge is 0.376 e. The summed E-state index contributed by atoms with van der Waals surface area (Å²) in [6.07, 6.45) is 6.74. The van der Waals surface area contributed by atoms with Gasteiger partial charge in [-0.25, -0.2) is 0 Å². The van der Waals surface area contributed by atoms with E-state index < -0.39 is 0 Å². The van der Waals surface area contributed by atoms with Gasteiger partial charge in [-0.05, 0) is 36.5 Å². The number of aromatic nitrogens is 1. The van der Waals surface area contributed by atoms with Crippen LogP contribution in [0.5, 0.6) is 0 Å². The molecule has 1 unspecified atom stereocenters. The van der Waals surface area contributed by atoms with Crippen LogP contribution in [0.1, 0.15) is 34.3 Å². The fourth-order valence-electron chi connectivity index (χ4n) is 3.55. The molecule has 3 heterocycles. The van der Waals surface area contributed by atoms with E-state index in [1.807, 2.05) is 12.3 Å². The average Bonchev–Trinajstić information content (AvgIpc) is 3.19. The molecule has 1 atom stereocenters. The number of nitrogens with one attached hydrogen (secondary N) is 1. The number of rotatable bonds is 4. The van der Waals surface area contributed by atoms with Gasteiger partial charge in [-0.2, -0.15) is 0 Å². The monoisotopic (exact) mass is 337 g/mol. The van der Waals surface area contributed by atoms with Crippen LogP contribution in [0.4, 0.5) is 5.69 Å². The zero-order valence-corrected chi connectivity index (χ0v) is 14.3. The van der Waals surface area contributed by atoms with Crippen LogP contribution in [0.25, 0.3) is 0 Å². The van der Waals surface area contributed by atoms with Gasteiger partial charge in [0, 0.05) is 32.4 Å². The Balaban J connectivity index is 1.43. The van der Waals surface area contributed by atoms with Crippen LogP contribution in [0.3, 0.4) is 0 Å². The Labute approximate surface area is 148 Å². The Kier molecular flexibility index (Phi) is 4.65. The summed E-state index contributed by atoms with van der Waals surface area (Å²) in [6.45, 7) is 3.17. The van der Waals surface area contributed by atoms with Crippen molar-refractivity contribution in [3.8, 4) is 0 Å². The molecule has 0 aliphatic carbocycles. The normalized spacial score (nSPS) is 19.5. The lowest BCUT2D eigenvalue weighted by Gasteiger charge is -2.30. The van der Waals surface area contributed by atoms with Crippen molar-refractivity contribution >= 4 is 11.6 Å².